The van der Waals surface area contributed by atoms with E-state index >= 15 is 0 Å². The lowest BCUT2D eigenvalue weighted by atomic mass is 9.91. The second-order valence-corrected chi connectivity index (χ2v) is 8.94. The van der Waals surface area contributed by atoms with Gasteiger partial charge in [0.15, 0.2) is 0 Å². The van der Waals surface area contributed by atoms with E-state index < -0.39 is 0 Å². The lowest BCUT2D eigenvalue weighted by molar-refractivity contribution is -0.133. The molecule has 1 aliphatic carbocycles. The van der Waals surface area contributed by atoms with Crippen LogP contribution in [0.4, 0.5) is 0 Å². The van der Waals surface area contributed by atoms with Crippen molar-refractivity contribution in [3.8, 4) is 5.75 Å². The van der Waals surface area contributed by atoms with Crippen LogP contribution in [0.2, 0.25) is 0 Å². The Balaban J connectivity index is 1.19. The molecule has 4 rings (SSSR count). The van der Waals surface area contributed by atoms with Gasteiger partial charge in [-0.05, 0) is 100 Å². The Morgan fingerprint density at radius 2 is 1.96 bits per heavy atom. The zero-order valence-electron chi connectivity index (χ0n) is 17.0. The van der Waals surface area contributed by atoms with E-state index in [1.807, 2.05) is 11.0 Å². The molecule has 4 nitrogen and oxygen atoms in total. The van der Waals surface area contributed by atoms with E-state index in [1.165, 1.54) is 38.8 Å². The summed E-state index contributed by atoms with van der Waals surface area (Å²) in [7, 11) is 2.24. The second kappa shape index (κ2) is 8.22. The molecule has 0 bridgehead atoms. The SMILES string of the molecule is Cc1cc(OCCC2CC2C2CCN(C)CC2)ccc1CC(=O)N1CCC1. The van der Waals surface area contributed by atoms with Gasteiger partial charge in [-0.3, -0.25) is 4.79 Å². The number of benzene rings is 1. The predicted molar refractivity (Wildman–Crippen MR) is 108 cm³/mol. The van der Waals surface area contributed by atoms with Crippen LogP contribution in [0.1, 0.15) is 43.2 Å². The van der Waals surface area contributed by atoms with E-state index in [9.17, 15) is 4.79 Å². The summed E-state index contributed by atoms with van der Waals surface area (Å²) in [4.78, 5) is 16.6. The fraction of sp³-hybridized carbons (Fsp3) is 0.696. The summed E-state index contributed by atoms with van der Waals surface area (Å²) >= 11 is 0. The van der Waals surface area contributed by atoms with Crippen LogP contribution in [0, 0.1) is 24.7 Å². The zero-order chi connectivity index (χ0) is 18.8. The minimum absolute atomic E-state index is 0.256. The molecule has 2 atom stereocenters. The zero-order valence-corrected chi connectivity index (χ0v) is 17.0. The highest BCUT2D eigenvalue weighted by molar-refractivity contribution is 5.79. The molecule has 3 aliphatic rings. The van der Waals surface area contributed by atoms with Crippen molar-refractivity contribution in [3.63, 3.8) is 0 Å². The maximum absolute atomic E-state index is 12.2. The van der Waals surface area contributed by atoms with Gasteiger partial charge in [-0.25, -0.2) is 0 Å². The summed E-state index contributed by atoms with van der Waals surface area (Å²) in [5, 5.41) is 0. The molecule has 0 N–H and O–H groups in total. The third-order valence-electron chi connectivity index (χ3n) is 6.97. The molecule has 1 aromatic rings. The fourth-order valence-electron chi connectivity index (χ4n) is 4.76. The molecule has 1 aromatic carbocycles. The Labute approximate surface area is 163 Å². The van der Waals surface area contributed by atoms with Crippen LogP contribution < -0.4 is 4.74 Å². The monoisotopic (exact) mass is 370 g/mol. The van der Waals surface area contributed by atoms with Crippen molar-refractivity contribution >= 4 is 5.91 Å². The molecule has 27 heavy (non-hydrogen) atoms. The van der Waals surface area contributed by atoms with Gasteiger partial charge in [0, 0.05) is 13.1 Å². The summed E-state index contributed by atoms with van der Waals surface area (Å²) in [5.74, 6) is 4.00. The maximum atomic E-state index is 12.2. The molecule has 1 saturated carbocycles. The highest BCUT2D eigenvalue weighted by Gasteiger charge is 2.42. The van der Waals surface area contributed by atoms with E-state index in [0.717, 1.165) is 60.7 Å². The van der Waals surface area contributed by atoms with Gasteiger partial charge in [-0.2, -0.15) is 0 Å². The van der Waals surface area contributed by atoms with E-state index in [4.69, 9.17) is 4.74 Å². The number of piperidine rings is 1. The smallest absolute Gasteiger partial charge is 0.227 e. The Morgan fingerprint density at radius 1 is 1.19 bits per heavy atom. The molecular weight excluding hydrogens is 336 g/mol. The van der Waals surface area contributed by atoms with Crippen LogP contribution in [-0.4, -0.2) is 55.5 Å². The first-order valence-corrected chi connectivity index (χ1v) is 10.8. The highest BCUT2D eigenvalue weighted by Crippen LogP contribution is 2.49. The summed E-state index contributed by atoms with van der Waals surface area (Å²) in [6, 6.07) is 6.20. The second-order valence-electron chi connectivity index (χ2n) is 8.94. The van der Waals surface area contributed by atoms with Crippen molar-refractivity contribution in [1.29, 1.82) is 0 Å². The quantitative estimate of drug-likeness (QED) is 0.736. The molecule has 2 heterocycles. The number of ether oxygens (including phenoxy) is 1. The number of carbonyl (C=O) groups excluding carboxylic acids is 1. The van der Waals surface area contributed by atoms with Gasteiger partial charge < -0.3 is 14.5 Å². The van der Waals surface area contributed by atoms with Crippen LogP contribution >= 0.6 is 0 Å². The van der Waals surface area contributed by atoms with Crippen LogP contribution in [-0.2, 0) is 11.2 Å². The Kier molecular flexibility index (Phi) is 5.72. The molecule has 2 unspecified atom stereocenters. The average Bonchev–Trinajstić information content (AvgIpc) is 3.36. The van der Waals surface area contributed by atoms with Gasteiger partial charge in [0.25, 0.3) is 0 Å². The molecule has 1 amide bonds. The minimum Gasteiger partial charge on any atom is -0.494 e. The molecule has 3 fully saturated rings. The first-order chi connectivity index (χ1) is 13.1. The van der Waals surface area contributed by atoms with Gasteiger partial charge in [0.1, 0.15) is 5.75 Å². The number of rotatable bonds is 7. The van der Waals surface area contributed by atoms with E-state index in [-0.39, 0.29) is 5.91 Å². The number of carbonyl (C=O) groups is 1. The number of likely N-dealkylation sites (tertiary alicyclic amines) is 2. The van der Waals surface area contributed by atoms with Crippen molar-refractivity contribution in [3.05, 3.63) is 29.3 Å². The first-order valence-electron chi connectivity index (χ1n) is 10.8. The van der Waals surface area contributed by atoms with Crippen molar-refractivity contribution in [2.45, 2.75) is 45.4 Å². The van der Waals surface area contributed by atoms with Gasteiger partial charge >= 0.3 is 0 Å². The standard InChI is InChI=1S/C23H34N2O2/c1-17-14-21(5-4-19(17)16-23(26)25-9-3-10-25)27-13-8-20-15-22(20)18-6-11-24(2)12-7-18/h4-5,14,18,20,22H,3,6-13,15-16H2,1-2H3. The van der Waals surface area contributed by atoms with Crippen molar-refractivity contribution in [2.75, 3.05) is 39.8 Å². The third-order valence-corrected chi connectivity index (χ3v) is 6.97. The van der Waals surface area contributed by atoms with Crippen molar-refractivity contribution < 1.29 is 9.53 Å². The van der Waals surface area contributed by atoms with E-state index in [0.29, 0.717) is 6.42 Å². The number of nitrogens with zero attached hydrogens (tertiary/aromatic N) is 2. The summed E-state index contributed by atoms with van der Waals surface area (Å²) in [6.45, 7) is 7.31. The van der Waals surface area contributed by atoms with Gasteiger partial charge in [-0.1, -0.05) is 6.07 Å². The van der Waals surface area contributed by atoms with E-state index in [2.05, 4.69) is 31.0 Å². The van der Waals surface area contributed by atoms with Gasteiger partial charge in [0.2, 0.25) is 5.91 Å². The van der Waals surface area contributed by atoms with Crippen LogP contribution in [0.25, 0.3) is 0 Å². The van der Waals surface area contributed by atoms with Gasteiger partial charge in [-0.15, -0.1) is 0 Å². The minimum atomic E-state index is 0.256. The molecule has 4 heteroatoms. The van der Waals surface area contributed by atoms with E-state index in [1.54, 1.807) is 0 Å². The topological polar surface area (TPSA) is 32.8 Å². The van der Waals surface area contributed by atoms with Crippen molar-refractivity contribution in [1.82, 2.24) is 9.80 Å². The summed E-state index contributed by atoms with van der Waals surface area (Å²) in [5.41, 5.74) is 2.29. The Bertz CT molecular complexity index is 662. The Morgan fingerprint density at radius 3 is 2.63 bits per heavy atom. The lowest BCUT2D eigenvalue weighted by Gasteiger charge is -2.31. The summed E-state index contributed by atoms with van der Waals surface area (Å²) < 4.78 is 6.03. The lowest BCUT2D eigenvalue weighted by Crippen LogP contribution is -2.42. The highest BCUT2D eigenvalue weighted by atomic mass is 16.5. The number of hydrogen-bond donors (Lipinski definition) is 0. The average molecular weight is 371 g/mol. The molecular formula is C23H34N2O2. The third kappa shape index (κ3) is 4.66. The largest absolute Gasteiger partial charge is 0.494 e. The molecule has 0 radical (unpaired) electrons. The number of hydrogen-bond acceptors (Lipinski definition) is 3. The normalized spacial score (nSPS) is 25.9. The molecule has 148 valence electrons. The van der Waals surface area contributed by atoms with Crippen LogP contribution in [0.3, 0.4) is 0 Å². The number of amides is 1. The molecule has 0 spiro atoms. The molecule has 0 aromatic heterocycles. The van der Waals surface area contributed by atoms with Crippen LogP contribution in [0.5, 0.6) is 5.75 Å². The number of aryl methyl sites for hydroxylation is 1. The predicted octanol–water partition coefficient (Wildman–Crippen LogP) is 3.52. The maximum Gasteiger partial charge on any atom is 0.227 e. The Hall–Kier alpha value is -1.55. The molecule has 2 saturated heterocycles. The van der Waals surface area contributed by atoms with Gasteiger partial charge in [0.05, 0.1) is 13.0 Å². The fourth-order valence-corrected chi connectivity index (χ4v) is 4.76. The molecule has 2 aliphatic heterocycles. The summed E-state index contributed by atoms with van der Waals surface area (Å²) in [6.07, 6.45) is 7.04. The van der Waals surface area contributed by atoms with Crippen LogP contribution in [0.15, 0.2) is 18.2 Å². The van der Waals surface area contributed by atoms with Crippen molar-refractivity contribution in [2.24, 2.45) is 17.8 Å². The first kappa shape index (κ1) is 18.8.